The van der Waals surface area contributed by atoms with Gasteiger partial charge in [0.2, 0.25) is 0 Å². The summed E-state index contributed by atoms with van der Waals surface area (Å²) in [5, 5.41) is 3.59. The number of likely N-dealkylation sites (N-methyl/N-ethyl adjacent to an activating group) is 1. The van der Waals surface area contributed by atoms with Crippen LogP contribution in [-0.2, 0) is 4.74 Å². The fraction of sp³-hybridized carbons (Fsp3) is 1.00. The van der Waals surface area contributed by atoms with Gasteiger partial charge >= 0.3 is 0 Å². The molecule has 0 saturated carbocycles. The lowest BCUT2D eigenvalue weighted by molar-refractivity contribution is 0.0558. The van der Waals surface area contributed by atoms with Crippen molar-refractivity contribution in [2.45, 2.75) is 45.6 Å². The van der Waals surface area contributed by atoms with Crippen LogP contribution in [0.2, 0.25) is 0 Å². The third-order valence-electron chi connectivity index (χ3n) is 3.62. The molecule has 0 radical (unpaired) electrons. The highest BCUT2D eigenvalue weighted by molar-refractivity contribution is 4.68. The summed E-state index contributed by atoms with van der Waals surface area (Å²) in [6.07, 6.45) is 5.03. The lowest BCUT2D eigenvalue weighted by Crippen LogP contribution is -2.37. The van der Waals surface area contributed by atoms with Crippen LogP contribution in [0.3, 0.4) is 0 Å². The zero-order valence-electron chi connectivity index (χ0n) is 11.9. The number of nitrogens with one attached hydrogen (secondary N) is 1. The van der Waals surface area contributed by atoms with Gasteiger partial charge in [0.1, 0.15) is 0 Å². The van der Waals surface area contributed by atoms with Crippen LogP contribution < -0.4 is 5.32 Å². The molecule has 102 valence electrons. The van der Waals surface area contributed by atoms with Crippen LogP contribution >= 0.6 is 0 Å². The Morgan fingerprint density at radius 2 is 2.06 bits per heavy atom. The first-order valence-electron chi connectivity index (χ1n) is 7.22. The van der Waals surface area contributed by atoms with Gasteiger partial charge < -0.3 is 15.0 Å². The number of ether oxygens (including phenoxy) is 1. The lowest BCUT2D eigenvalue weighted by atomic mass is 10.00. The zero-order chi connectivity index (χ0) is 12.5. The monoisotopic (exact) mass is 242 g/mol. The van der Waals surface area contributed by atoms with E-state index in [0.717, 1.165) is 32.2 Å². The van der Waals surface area contributed by atoms with Crippen LogP contribution in [0.15, 0.2) is 0 Å². The minimum atomic E-state index is 0.663. The summed E-state index contributed by atoms with van der Waals surface area (Å²) < 4.78 is 5.39. The van der Waals surface area contributed by atoms with Gasteiger partial charge in [0.05, 0.1) is 0 Å². The van der Waals surface area contributed by atoms with Gasteiger partial charge in [-0.3, -0.25) is 0 Å². The first-order chi connectivity index (χ1) is 8.22. The molecule has 0 aromatic carbocycles. The summed E-state index contributed by atoms with van der Waals surface area (Å²) in [5.74, 6) is 0.849. The summed E-state index contributed by atoms with van der Waals surface area (Å²) in [5.41, 5.74) is 0. The van der Waals surface area contributed by atoms with Crippen molar-refractivity contribution >= 4 is 0 Å². The molecule has 0 bridgehead atoms. The largest absolute Gasteiger partial charge is 0.381 e. The zero-order valence-corrected chi connectivity index (χ0v) is 11.9. The molecule has 0 spiro atoms. The van der Waals surface area contributed by atoms with Gasteiger partial charge in [-0.2, -0.15) is 0 Å². The molecule has 1 heterocycles. The Morgan fingerprint density at radius 3 is 2.71 bits per heavy atom. The average Bonchev–Trinajstić information content (AvgIpc) is 2.30. The van der Waals surface area contributed by atoms with E-state index < -0.39 is 0 Å². The second-order valence-electron chi connectivity index (χ2n) is 5.46. The second kappa shape index (κ2) is 8.90. The van der Waals surface area contributed by atoms with Crippen molar-refractivity contribution < 1.29 is 4.74 Å². The topological polar surface area (TPSA) is 24.5 Å². The van der Waals surface area contributed by atoms with E-state index in [-0.39, 0.29) is 0 Å². The van der Waals surface area contributed by atoms with Crippen molar-refractivity contribution in [2.75, 3.05) is 39.9 Å². The Morgan fingerprint density at radius 1 is 1.35 bits per heavy atom. The molecule has 1 rings (SSSR count). The van der Waals surface area contributed by atoms with Gasteiger partial charge in [0, 0.05) is 38.9 Å². The van der Waals surface area contributed by atoms with Crippen molar-refractivity contribution in [3.8, 4) is 0 Å². The molecule has 0 aromatic heterocycles. The Labute approximate surface area is 107 Å². The van der Waals surface area contributed by atoms with E-state index in [2.05, 4.69) is 31.1 Å². The number of nitrogens with zero attached hydrogens (tertiary/aromatic N) is 1. The van der Waals surface area contributed by atoms with Crippen molar-refractivity contribution in [3.05, 3.63) is 0 Å². The van der Waals surface area contributed by atoms with Crippen LogP contribution in [0.4, 0.5) is 0 Å². The van der Waals surface area contributed by atoms with Crippen LogP contribution in [0.25, 0.3) is 0 Å². The predicted octanol–water partition coefficient (Wildman–Crippen LogP) is 2.12. The lowest BCUT2D eigenvalue weighted by Gasteiger charge is -2.27. The summed E-state index contributed by atoms with van der Waals surface area (Å²) in [7, 11) is 2.24. The quantitative estimate of drug-likeness (QED) is 0.705. The van der Waals surface area contributed by atoms with Crippen LogP contribution in [0, 0.1) is 5.92 Å². The molecule has 1 fully saturated rings. The molecule has 1 atom stereocenters. The summed E-state index contributed by atoms with van der Waals surface area (Å²) >= 11 is 0. The molecule has 1 N–H and O–H groups in total. The molecular formula is C14H30N2O. The van der Waals surface area contributed by atoms with Gasteiger partial charge in [0.15, 0.2) is 0 Å². The molecule has 17 heavy (non-hydrogen) atoms. The maximum atomic E-state index is 5.39. The summed E-state index contributed by atoms with van der Waals surface area (Å²) in [6, 6.07) is 0.663. The highest BCUT2D eigenvalue weighted by atomic mass is 16.5. The Balaban J connectivity index is 2.02. The summed E-state index contributed by atoms with van der Waals surface area (Å²) in [4.78, 5) is 2.46. The molecule has 1 saturated heterocycles. The van der Waals surface area contributed by atoms with E-state index in [0.29, 0.717) is 6.04 Å². The van der Waals surface area contributed by atoms with Gasteiger partial charge in [-0.1, -0.05) is 13.3 Å². The number of hydrogen-bond donors (Lipinski definition) is 1. The second-order valence-corrected chi connectivity index (χ2v) is 5.46. The molecule has 3 nitrogen and oxygen atoms in total. The fourth-order valence-electron chi connectivity index (χ4n) is 2.50. The Bertz CT molecular complexity index is 181. The fourth-order valence-corrected chi connectivity index (χ4v) is 2.50. The molecule has 3 heteroatoms. The van der Waals surface area contributed by atoms with E-state index in [4.69, 9.17) is 4.74 Å². The van der Waals surface area contributed by atoms with E-state index in [9.17, 15) is 0 Å². The predicted molar refractivity (Wildman–Crippen MR) is 73.4 cm³/mol. The normalized spacial score (nSPS) is 19.8. The van der Waals surface area contributed by atoms with E-state index in [1.165, 1.54) is 32.2 Å². The molecule has 0 aliphatic carbocycles. The smallest absolute Gasteiger partial charge is 0.0469 e. The molecule has 0 aromatic rings. The van der Waals surface area contributed by atoms with Crippen molar-refractivity contribution in [3.63, 3.8) is 0 Å². The summed E-state index contributed by atoms with van der Waals surface area (Å²) in [6.45, 7) is 9.95. The first-order valence-corrected chi connectivity index (χ1v) is 7.22. The molecule has 1 unspecified atom stereocenters. The highest BCUT2D eigenvalue weighted by Gasteiger charge is 2.15. The average molecular weight is 242 g/mol. The SMILES string of the molecule is CCCC(C)NCCN(C)CC1CCOCC1. The van der Waals surface area contributed by atoms with Crippen molar-refractivity contribution in [1.29, 1.82) is 0 Å². The third kappa shape index (κ3) is 7.02. The van der Waals surface area contributed by atoms with E-state index >= 15 is 0 Å². The van der Waals surface area contributed by atoms with Gasteiger partial charge in [-0.15, -0.1) is 0 Å². The van der Waals surface area contributed by atoms with Crippen molar-refractivity contribution in [1.82, 2.24) is 10.2 Å². The van der Waals surface area contributed by atoms with Crippen molar-refractivity contribution in [2.24, 2.45) is 5.92 Å². The number of hydrogen-bond acceptors (Lipinski definition) is 3. The van der Waals surface area contributed by atoms with E-state index in [1.807, 2.05) is 0 Å². The number of rotatable bonds is 8. The van der Waals surface area contributed by atoms with Gasteiger partial charge in [0.25, 0.3) is 0 Å². The standard InChI is InChI=1S/C14H30N2O/c1-4-5-13(2)15-8-9-16(3)12-14-6-10-17-11-7-14/h13-15H,4-12H2,1-3H3. The minimum Gasteiger partial charge on any atom is -0.381 e. The van der Waals surface area contributed by atoms with Gasteiger partial charge in [-0.25, -0.2) is 0 Å². The highest BCUT2D eigenvalue weighted by Crippen LogP contribution is 2.15. The Kier molecular flexibility index (Phi) is 7.82. The Hall–Kier alpha value is -0.120. The molecule has 1 aliphatic heterocycles. The maximum Gasteiger partial charge on any atom is 0.0469 e. The first kappa shape index (κ1) is 14.9. The minimum absolute atomic E-state index is 0.663. The molecular weight excluding hydrogens is 212 g/mol. The van der Waals surface area contributed by atoms with Gasteiger partial charge in [-0.05, 0) is 39.2 Å². The van der Waals surface area contributed by atoms with Crippen LogP contribution in [0.1, 0.15) is 39.5 Å². The molecule has 0 amide bonds. The van der Waals surface area contributed by atoms with Crippen LogP contribution in [0.5, 0.6) is 0 Å². The molecule has 1 aliphatic rings. The van der Waals surface area contributed by atoms with E-state index in [1.54, 1.807) is 0 Å². The maximum absolute atomic E-state index is 5.39. The van der Waals surface area contributed by atoms with Crippen LogP contribution in [-0.4, -0.2) is 50.8 Å². The third-order valence-corrected chi connectivity index (χ3v) is 3.62.